The molecule has 0 spiro atoms. The van der Waals surface area contributed by atoms with E-state index in [9.17, 15) is 9.18 Å². The summed E-state index contributed by atoms with van der Waals surface area (Å²) in [4.78, 5) is 14.9. The number of nitrogens with zero attached hydrogens (tertiary/aromatic N) is 1. The zero-order chi connectivity index (χ0) is 20.6. The van der Waals surface area contributed by atoms with Crippen LogP contribution in [0, 0.1) is 5.82 Å². The number of ether oxygens (including phenoxy) is 2. The second-order valence-electron chi connectivity index (χ2n) is 7.00. The highest BCUT2D eigenvalue weighted by Gasteiger charge is 2.23. The van der Waals surface area contributed by atoms with Crippen molar-refractivity contribution in [1.29, 1.82) is 0 Å². The maximum absolute atomic E-state index is 13.8. The van der Waals surface area contributed by atoms with Gasteiger partial charge in [0.25, 0.3) is 0 Å². The standard InChI is InChI=1S/C23H27FN2O3/c1-17(15-19-5-3-4-6-21(19)24)23(27)25-16-22(26-11-13-29-14-12-26)18-7-9-20(28-2)10-8-18/h3-10,15,22H,11-14,16H2,1-2H3,(H,25,27)/b17-15+. The third kappa shape index (κ3) is 5.65. The van der Waals surface area contributed by atoms with Gasteiger partial charge in [0.1, 0.15) is 11.6 Å². The van der Waals surface area contributed by atoms with Crippen LogP contribution in [0.2, 0.25) is 0 Å². The van der Waals surface area contributed by atoms with Gasteiger partial charge in [0, 0.05) is 30.8 Å². The second-order valence-corrected chi connectivity index (χ2v) is 7.00. The van der Waals surface area contributed by atoms with Crippen molar-refractivity contribution in [2.24, 2.45) is 0 Å². The predicted octanol–water partition coefficient (Wildman–Crippen LogP) is 3.43. The van der Waals surface area contributed by atoms with Crippen LogP contribution in [0.4, 0.5) is 4.39 Å². The van der Waals surface area contributed by atoms with Gasteiger partial charge in [-0.25, -0.2) is 4.39 Å². The highest BCUT2D eigenvalue weighted by atomic mass is 19.1. The van der Waals surface area contributed by atoms with E-state index in [2.05, 4.69) is 10.2 Å². The van der Waals surface area contributed by atoms with Gasteiger partial charge in [-0.2, -0.15) is 0 Å². The van der Waals surface area contributed by atoms with Crippen molar-refractivity contribution in [3.05, 3.63) is 71.0 Å². The molecule has 0 aromatic heterocycles. The molecule has 2 aromatic rings. The molecule has 3 rings (SSSR count). The van der Waals surface area contributed by atoms with E-state index in [1.165, 1.54) is 6.07 Å². The van der Waals surface area contributed by atoms with Crippen LogP contribution in [0.1, 0.15) is 24.1 Å². The van der Waals surface area contributed by atoms with Gasteiger partial charge in [0.15, 0.2) is 0 Å². The van der Waals surface area contributed by atoms with E-state index in [0.29, 0.717) is 30.9 Å². The average molecular weight is 398 g/mol. The van der Waals surface area contributed by atoms with E-state index in [4.69, 9.17) is 9.47 Å². The molecule has 1 aliphatic heterocycles. The molecule has 0 saturated carbocycles. The SMILES string of the molecule is COc1ccc(C(CNC(=O)/C(C)=C/c2ccccc2F)N2CCOCC2)cc1. The smallest absolute Gasteiger partial charge is 0.247 e. The molecule has 1 heterocycles. The fourth-order valence-corrected chi connectivity index (χ4v) is 3.39. The Morgan fingerprint density at radius 1 is 1.21 bits per heavy atom. The van der Waals surface area contributed by atoms with Crippen LogP contribution in [0.3, 0.4) is 0 Å². The number of carbonyl (C=O) groups is 1. The van der Waals surface area contributed by atoms with E-state index < -0.39 is 0 Å². The fourth-order valence-electron chi connectivity index (χ4n) is 3.39. The maximum Gasteiger partial charge on any atom is 0.247 e. The Kier molecular flexibility index (Phi) is 7.38. The first kappa shape index (κ1) is 21.0. The van der Waals surface area contributed by atoms with Crippen LogP contribution in [-0.4, -0.2) is 50.8 Å². The molecule has 1 fully saturated rings. The summed E-state index contributed by atoms with van der Waals surface area (Å²) >= 11 is 0. The van der Waals surface area contributed by atoms with E-state index in [0.717, 1.165) is 24.4 Å². The van der Waals surface area contributed by atoms with Gasteiger partial charge in [-0.1, -0.05) is 30.3 Å². The molecule has 2 aromatic carbocycles. The first-order valence-corrected chi connectivity index (χ1v) is 9.75. The Morgan fingerprint density at radius 2 is 1.90 bits per heavy atom. The number of morpholine rings is 1. The zero-order valence-corrected chi connectivity index (χ0v) is 16.9. The third-order valence-corrected chi connectivity index (χ3v) is 5.08. The molecule has 29 heavy (non-hydrogen) atoms. The van der Waals surface area contributed by atoms with Crippen LogP contribution in [0.5, 0.6) is 5.75 Å². The molecule has 1 amide bonds. The lowest BCUT2D eigenvalue weighted by atomic mass is 10.0. The Hall–Kier alpha value is -2.70. The molecular weight excluding hydrogens is 371 g/mol. The van der Waals surface area contributed by atoms with Crippen molar-refractivity contribution >= 4 is 12.0 Å². The summed E-state index contributed by atoms with van der Waals surface area (Å²) in [5.41, 5.74) is 1.97. The van der Waals surface area contributed by atoms with Crippen molar-refractivity contribution in [2.75, 3.05) is 40.0 Å². The van der Waals surface area contributed by atoms with Crippen LogP contribution < -0.4 is 10.1 Å². The summed E-state index contributed by atoms with van der Waals surface area (Å²) < 4.78 is 24.6. The highest BCUT2D eigenvalue weighted by Crippen LogP contribution is 2.24. The Balaban J connectivity index is 1.71. The normalized spacial score (nSPS) is 16.3. The van der Waals surface area contributed by atoms with E-state index >= 15 is 0 Å². The van der Waals surface area contributed by atoms with Gasteiger partial charge in [-0.15, -0.1) is 0 Å². The molecule has 1 atom stereocenters. The largest absolute Gasteiger partial charge is 0.497 e. The lowest BCUT2D eigenvalue weighted by molar-refractivity contribution is -0.117. The van der Waals surface area contributed by atoms with Crippen LogP contribution in [0.15, 0.2) is 54.1 Å². The minimum atomic E-state index is -0.343. The molecule has 0 bridgehead atoms. The van der Waals surface area contributed by atoms with E-state index in [-0.39, 0.29) is 17.8 Å². The van der Waals surface area contributed by atoms with Crippen molar-refractivity contribution in [3.63, 3.8) is 0 Å². The number of rotatable bonds is 7. The molecular formula is C23H27FN2O3. The van der Waals surface area contributed by atoms with Crippen LogP contribution >= 0.6 is 0 Å². The van der Waals surface area contributed by atoms with Gasteiger partial charge in [-0.05, 0) is 36.8 Å². The van der Waals surface area contributed by atoms with Crippen molar-refractivity contribution < 1.29 is 18.7 Å². The predicted molar refractivity (Wildman–Crippen MR) is 111 cm³/mol. The summed E-state index contributed by atoms with van der Waals surface area (Å²) in [6, 6.07) is 14.3. The van der Waals surface area contributed by atoms with Gasteiger partial charge in [-0.3, -0.25) is 9.69 Å². The minimum absolute atomic E-state index is 0.0232. The van der Waals surface area contributed by atoms with Gasteiger partial charge < -0.3 is 14.8 Å². The zero-order valence-electron chi connectivity index (χ0n) is 16.9. The molecule has 6 heteroatoms. The van der Waals surface area contributed by atoms with Gasteiger partial charge in [0.2, 0.25) is 5.91 Å². The molecule has 0 radical (unpaired) electrons. The number of methoxy groups -OCH3 is 1. The molecule has 1 N–H and O–H groups in total. The Labute approximate surface area is 171 Å². The highest BCUT2D eigenvalue weighted by molar-refractivity contribution is 5.97. The summed E-state index contributed by atoms with van der Waals surface area (Å²) in [7, 11) is 1.64. The fraction of sp³-hybridized carbons (Fsp3) is 0.348. The minimum Gasteiger partial charge on any atom is -0.497 e. The maximum atomic E-state index is 13.8. The monoisotopic (exact) mass is 398 g/mol. The summed E-state index contributed by atoms with van der Waals surface area (Å²) in [5.74, 6) is 0.242. The van der Waals surface area contributed by atoms with E-state index in [1.54, 1.807) is 38.3 Å². The number of benzene rings is 2. The summed E-state index contributed by atoms with van der Waals surface area (Å²) in [6.45, 7) is 5.10. The average Bonchev–Trinajstić information content (AvgIpc) is 2.76. The number of hydrogen-bond acceptors (Lipinski definition) is 4. The molecule has 1 unspecified atom stereocenters. The topological polar surface area (TPSA) is 50.8 Å². The number of halogens is 1. The number of hydrogen-bond donors (Lipinski definition) is 1. The summed E-state index contributed by atoms with van der Waals surface area (Å²) in [6.07, 6.45) is 1.57. The first-order chi connectivity index (χ1) is 14.1. The van der Waals surface area contributed by atoms with Crippen molar-refractivity contribution in [2.45, 2.75) is 13.0 Å². The Bertz CT molecular complexity index is 845. The van der Waals surface area contributed by atoms with Gasteiger partial charge in [0.05, 0.1) is 26.4 Å². The van der Waals surface area contributed by atoms with E-state index in [1.807, 2.05) is 24.3 Å². The molecule has 154 valence electrons. The second kappa shape index (κ2) is 10.2. The third-order valence-electron chi connectivity index (χ3n) is 5.08. The molecule has 0 aliphatic carbocycles. The number of nitrogens with one attached hydrogen (secondary N) is 1. The Morgan fingerprint density at radius 3 is 2.55 bits per heavy atom. The molecule has 1 aliphatic rings. The van der Waals surface area contributed by atoms with Gasteiger partial charge >= 0.3 is 0 Å². The number of amides is 1. The lowest BCUT2D eigenvalue weighted by Gasteiger charge is -2.35. The van der Waals surface area contributed by atoms with Crippen LogP contribution in [-0.2, 0) is 9.53 Å². The molecule has 1 saturated heterocycles. The van der Waals surface area contributed by atoms with Crippen molar-refractivity contribution in [3.8, 4) is 5.75 Å². The summed E-state index contributed by atoms with van der Waals surface area (Å²) in [5, 5.41) is 3.00. The molecule has 5 nitrogen and oxygen atoms in total. The lowest BCUT2D eigenvalue weighted by Crippen LogP contribution is -2.43. The van der Waals surface area contributed by atoms with Crippen molar-refractivity contribution in [1.82, 2.24) is 10.2 Å². The first-order valence-electron chi connectivity index (χ1n) is 9.75. The van der Waals surface area contributed by atoms with Crippen LogP contribution in [0.25, 0.3) is 6.08 Å². The number of carbonyl (C=O) groups excluding carboxylic acids is 1. The quantitative estimate of drug-likeness (QED) is 0.726.